The van der Waals surface area contributed by atoms with Crippen LogP contribution in [0.4, 0.5) is 5.69 Å². The van der Waals surface area contributed by atoms with Crippen molar-refractivity contribution in [1.82, 2.24) is 4.31 Å². The molecule has 19 heavy (non-hydrogen) atoms. The summed E-state index contributed by atoms with van der Waals surface area (Å²) in [4.78, 5) is 0.254. The lowest BCUT2D eigenvalue weighted by molar-refractivity contribution is 0.271. The molecular formula is C13H22N2O3S. The number of rotatable bonds is 6. The van der Waals surface area contributed by atoms with Crippen LogP contribution in [0.2, 0.25) is 0 Å². The van der Waals surface area contributed by atoms with Crippen molar-refractivity contribution in [3.63, 3.8) is 0 Å². The Hall–Kier alpha value is -1.11. The monoisotopic (exact) mass is 286 g/mol. The molecule has 0 unspecified atom stereocenters. The highest BCUT2D eigenvalue weighted by Gasteiger charge is 2.25. The van der Waals surface area contributed by atoms with Crippen LogP contribution in [0.1, 0.15) is 24.5 Å². The molecule has 0 aliphatic heterocycles. The molecule has 0 aliphatic carbocycles. The molecule has 1 rings (SSSR count). The largest absolute Gasteiger partial charge is 0.398 e. The van der Waals surface area contributed by atoms with Gasteiger partial charge < -0.3 is 10.8 Å². The second-order valence-corrected chi connectivity index (χ2v) is 6.46. The van der Waals surface area contributed by atoms with Crippen LogP contribution in [0.15, 0.2) is 17.0 Å². The van der Waals surface area contributed by atoms with Gasteiger partial charge in [0.25, 0.3) is 0 Å². The number of aliphatic hydroxyl groups excluding tert-OH is 1. The Kier molecular flexibility index (Phi) is 5.34. The molecule has 5 nitrogen and oxygen atoms in total. The molecule has 1 aromatic rings. The average molecular weight is 286 g/mol. The van der Waals surface area contributed by atoms with Gasteiger partial charge in [-0.05, 0) is 43.5 Å². The quantitative estimate of drug-likeness (QED) is 0.772. The molecule has 0 aromatic heterocycles. The molecule has 0 fully saturated rings. The molecule has 108 valence electrons. The minimum absolute atomic E-state index is 0.0268. The van der Waals surface area contributed by atoms with E-state index < -0.39 is 10.0 Å². The van der Waals surface area contributed by atoms with Crippen molar-refractivity contribution in [2.45, 2.75) is 32.1 Å². The summed E-state index contributed by atoms with van der Waals surface area (Å²) in [5, 5.41) is 8.85. The lowest BCUT2D eigenvalue weighted by Crippen LogP contribution is -2.33. The topological polar surface area (TPSA) is 83.6 Å². The standard InChI is InChI=1S/C13H22N2O3S/c1-4-15(6-5-7-16)19(17,18)13-9-10(2)8-12(14)11(13)3/h8-9,16H,4-7,14H2,1-3H3. The number of nitrogens with zero attached hydrogens (tertiary/aromatic N) is 1. The van der Waals surface area contributed by atoms with Gasteiger partial charge in [0.15, 0.2) is 0 Å². The summed E-state index contributed by atoms with van der Waals surface area (Å²) in [6.45, 7) is 5.96. The number of aliphatic hydroxyl groups is 1. The van der Waals surface area contributed by atoms with E-state index in [1.54, 1.807) is 26.0 Å². The molecule has 0 bridgehead atoms. The molecule has 0 radical (unpaired) electrons. The molecule has 6 heteroatoms. The predicted octanol–water partition coefficient (Wildman–Crippen LogP) is 1.28. The summed E-state index contributed by atoms with van der Waals surface area (Å²) in [6.07, 6.45) is 0.424. The lowest BCUT2D eigenvalue weighted by atomic mass is 10.1. The van der Waals surface area contributed by atoms with Crippen molar-refractivity contribution in [2.24, 2.45) is 0 Å². The van der Waals surface area contributed by atoms with Crippen LogP contribution in [0.5, 0.6) is 0 Å². The van der Waals surface area contributed by atoms with Gasteiger partial charge >= 0.3 is 0 Å². The first kappa shape index (κ1) is 15.9. The number of sulfonamides is 1. The minimum Gasteiger partial charge on any atom is -0.398 e. The highest BCUT2D eigenvalue weighted by atomic mass is 32.2. The third kappa shape index (κ3) is 3.46. The highest BCUT2D eigenvalue weighted by Crippen LogP contribution is 2.25. The van der Waals surface area contributed by atoms with Crippen molar-refractivity contribution in [2.75, 3.05) is 25.4 Å². The van der Waals surface area contributed by atoms with Crippen LogP contribution in [-0.2, 0) is 10.0 Å². The molecule has 0 heterocycles. The van der Waals surface area contributed by atoms with Gasteiger partial charge in [-0.3, -0.25) is 0 Å². The van der Waals surface area contributed by atoms with Gasteiger partial charge in [0.2, 0.25) is 10.0 Å². The van der Waals surface area contributed by atoms with Crippen molar-refractivity contribution in [3.8, 4) is 0 Å². The van der Waals surface area contributed by atoms with E-state index in [4.69, 9.17) is 10.8 Å². The maximum atomic E-state index is 12.6. The first-order valence-electron chi connectivity index (χ1n) is 6.32. The van der Waals surface area contributed by atoms with E-state index in [1.807, 2.05) is 6.92 Å². The Labute approximate surface area is 115 Å². The Morgan fingerprint density at radius 2 is 1.95 bits per heavy atom. The zero-order chi connectivity index (χ0) is 14.6. The van der Waals surface area contributed by atoms with Gasteiger partial charge in [-0.2, -0.15) is 4.31 Å². The molecule has 0 amide bonds. The second kappa shape index (κ2) is 6.36. The molecule has 1 aromatic carbocycles. The van der Waals surface area contributed by atoms with E-state index in [1.165, 1.54) is 4.31 Å². The number of nitrogen functional groups attached to an aromatic ring is 1. The summed E-state index contributed by atoms with van der Waals surface area (Å²) in [6, 6.07) is 3.40. The van der Waals surface area contributed by atoms with Crippen LogP contribution < -0.4 is 5.73 Å². The lowest BCUT2D eigenvalue weighted by Gasteiger charge is -2.22. The van der Waals surface area contributed by atoms with Gasteiger partial charge in [0, 0.05) is 25.4 Å². The number of anilines is 1. The summed E-state index contributed by atoms with van der Waals surface area (Å²) in [5.74, 6) is 0. The van der Waals surface area contributed by atoms with Gasteiger partial charge in [-0.15, -0.1) is 0 Å². The van der Waals surface area contributed by atoms with Gasteiger partial charge in [0.1, 0.15) is 0 Å². The fourth-order valence-corrected chi connectivity index (χ4v) is 3.78. The predicted molar refractivity (Wildman–Crippen MR) is 76.5 cm³/mol. The van der Waals surface area contributed by atoms with Crippen LogP contribution in [0.3, 0.4) is 0 Å². The molecule has 0 aliphatic rings. The molecule has 3 N–H and O–H groups in total. The third-order valence-corrected chi connectivity index (χ3v) is 5.18. The smallest absolute Gasteiger partial charge is 0.243 e. The number of hydrogen-bond donors (Lipinski definition) is 2. The Balaban J connectivity index is 3.25. The summed E-state index contributed by atoms with van der Waals surface area (Å²) < 4.78 is 26.5. The SMILES string of the molecule is CCN(CCCO)S(=O)(=O)c1cc(C)cc(N)c1C. The van der Waals surface area contributed by atoms with E-state index in [2.05, 4.69) is 0 Å². The van der Waals surface area contributed by atoms with Crippen molar-refractivity contribution < 1.29 is 13.5 Å². The second-order valence-electron chi connectivity index (χ2n) is 4.55. The summed E-state index contributed by atoms with van der Waals surface area (Å²) >= 11 is 0. The zero-order valence-corrected chi connectivity index (χ0v) is 12.5. The number of hydrogen-bond acceptors (Lipinski definition) is 4. The number of nitrogens with two attached hydrogens (primary N) is 1. The van der Waals surface area contributed by atoms with E-state index in [0.717, 1.165) is 5.56 Å². The number of aryl methyl sites for hydroxylation is 1. The third-order valence-electron chi connectivity index (χ3n) is 3.08. The van der Waals surface area contributed by atoms with E-state index in [9.17, 15) is 8.42 Å². The van der Waals surface area contributed by atoms with Crippen LogP contribution in [0, 0.1) is 13.8 Å². The Bertz CT molecular complexity index is 541. The van der Waals surface area contributed by atoms with E-state index >= 15 is 0 Å². The van der Waals surface area contributed by atoms with Crippen LogP contribution in [-0.4, -0.2) is 37.5 Å². The molecular weight excluding hydrogens is 264 g/mol. The minimum atomic E-state index is -3.56. The van der Waals surface area contributed by atoms with Gasteiger partial charge in [0.05, 0.1) is 4.90 Å². The van der Waals surface area contributed by atoms with Gasteiger partial charge in [-0.1, -0.05) is 6.92 Å². The fraction of sp³-hybridized carbons (Fsp3) is 0.538. The summed E-state index contributed by atoms with van der Waals surface area (Å²) in [7, 11) is -3.56. The first-order chi connectivity index (χ1) is 8.84. The highest BCUT2D eigenvalue weighted by molar-refractivity contribution is 7.89. The zero-order valence-electron chi connectivity index (χ0n) is 11.7. The maximum absolute atomic E-state index is 12.6. The number of benzene rings is 1. The van der Waals surface area contributed by atoms with E-state index in [0.29, 0.717) is 30.8 Å². The maximum Gasteiger partial charge on any atom is 0.243 e. The van der Waals surface area contributed by atoms with Crippen molar-refractivity contribution in [3.05, 3.63) is 23.3 Å². The van der Waals surface area contributed by atoms with Crippen LogP contribution >= 0.6 is 0 Å². The molecule has 0 saturated heterocycles. The van der Waals surface area contributed by atoms with E-state index in [-0.39, 0.29) is 11.5 Å². The molecule has 0 saturated carbocycles. The van der Waals surface area contributed by atoms with Crippen LogP contribution in [0.25, 0.3) is 0 Å². The average Bonchev–Trinajstić information content (AvgIpc) is 2.34. The summed E-state index contributed by atoms with van der Waals surface area (Å²) in [5.41, 5.74) is 7.72. The molecule has 0 spiro atoms. The normalized spacial score (nSPS) is 12.1. The Morgan fingerprint density at radius 3 is 2.47 bits per heavy atom. The molecule has 0 atom stereocenters. The van der Waals surface area contributed by atoms with Crippen molar-refractivity contribution >= 4 is 15.7 Å². The Morgan fingerprint density at radius 1 is 1.32 bits per heavy atom. The van der Waals surface area contributed by atoms with Crippen molar-refractivity contribution in [1.29, 1.82) is 0 Å². The first-order valence-corrected chi connectivity index (χ1v) is 7.76. The fourth-order valence-electron chi connectivity index (χ4n) is 1.95. The van der Waals surface area contributed by atoms with Gasteiger partial charge in [-0.25, -0.2) is 8.42 Å².